The quantitative estimate of drug-likeness (QED) is 0.765. The molecule has 2 aromatic rings. The third kappa shape index (κ3) is 4.49. The van der Waals surface area contributed by atoms with E-state index in [4.69, 9.17) is 9.84 Å². The Bertz CT molecular complexity index is 879. The number of aromatic carboxylic acids is 1. The highest BCUT2D eigenvalue weighted by molar-refractivity contribution is 6.00. The summed E-state index contributed by atoms with van der Waals surface area (Å²) in [6.07, 6.45) is 0.697. The summed E-state index contributed by atoms with van der Waals surface area (Å²) in [4.78, 5) is 37.4. The van der Waals surface area contributed by atoms with Crippen molar-refractivity contribution in [1.82, 2.24) is 5.32 Å². The summed E-state index contributed by atoms with van der Waals surface area (Å²) < 4.78 is 5.12. The number of carbonyl (C=O) groups excluding carboxylic acids is 2. The Hall–Kier alpha value is -3.35. The number of methoxy groups -OCH3 is 1. The lowest BCUT2D eigenvalue weighted by Crippen LogP contribution is -2.34. The Morgan fingerprint density at radius 3 is 2.64 bits per heavy atom. The van der Waals surface area contributed by atoms with Crippen LogP contribution < -0.4 is 15.0 Å². The molecule has 0 radical (unpaired) electrons. The number of benzene rings is 2. The number of anilines is 1. The van der Waals surface area contributed by atoms with Crippen LogP contribution in [0.15, 0.2) is 48.5 Å². The van der Waals surface area contributed by atoms with E-state index in [0.717, 1.165) is 11.3 Å². The molecule has 2 N–H and O–H groups in total. The predicted molar refractivity (Wildman–Crippen MR) is 104 cm³/mol. The van der Waals surface area contributed by atoms with E-state index in [1.165, 1.54) is 6.07 Å². The second-order valence-corrected chi connectivity index (χ2v) is 6.65. The molecule has 2 aromatic carbocycles. The van der Waals surface area contributed by atoms with Crippen molar-refractivity contribution in [2.24, 2.45) is 5.92 Å². The molecule has 7 nitrogen and oxygen atoms in total. The molecule has 1 fully saturated rings. The van der Waals surface area contributed by atoms with E-state index in [1.807, 2.05) is 6.07 Å². The van der Waals surface area contributed by atoms with E-state index in [-0.39, 0.29) is 23.8 Å². The summed E-state index contributed by atoms with van der Waals surface area (Å²) in [5.74, 6) is -0.927. The molecule has 2 amide bonds. The number of carbonyl (C=O) groups is 3. The van der Waals surface area contributed by atoms with Gasteiger partial charge in [-0.2, -0.15) is 0 Å². The number of nitrogens with one attached hydrogen (secondary N) is 1. The molecule has 7 heteroatoms. The van der Waals surface area contributed by atoms with Gasteiger partial charge < -0.3 is 20.1 Å². The highest BCUT2D eigenvalue weighted by atomic mass is 16.5. The van der Waals surface area contributed by atoms with Gasteiger partial charge in [0.05, 0.1) is 18.6 Å². The minimum Gasteiger partial charge on any atom is -0.497 e. The summed E-state index contributed by atoms with van der Waals surface area (Å²) in [6.45, 7) is 0.723. The molecule has 0 saturated carbocycles. The van der Waals surface area contributed by atoms with Gasteiger partial charge in [0, 0.05) is 25.2 Å². The monoisotopic (exact) mass is 382 g/mol. The van der Waals surface area contributed by atoms with Crippen LogP contribution in [-0.2, 0) is 16.0 Å². The van der Waals surface area contributed by atoms with Gasteiger partial charge in [0.25, 0.3) is 0 Å². The number of hydrogen-bond acceptors (Lipinski definition) is 4. The van der Waals surface area contributed by atoms with E-state index < -0.39 is 11.9 Å². The maximum absolute atomic E-state index is 12.4. The first-order valence-electron chi connectivity index (χ1n) is 9.02. The van der Waals surface area contributed by atoms with Crippen molar-refractivity contribution >= 4 is 23.5 Å². The van der Waals surface area contributed by atoms with Crippen LogP contribution in [0.2, 0.25) is 0 Å². The van der Waals surface area contributed by atoms with Crippen LogP contribution in [0.5, 0.6) is 5.75 Å². The van der Waals surface area contributed by atoms with Crippen LogP contribution in [0.25, 0.3) is 0 Å². The van der Waals surface area contributed by atoms with Crippen LogP contribution >= 0.6 is 0 Å². The van der Waals surface area contributed by atoms with Gasteiger partial charge in [-0.3, -0.25) is 9.59 Å². The number of rotatable bonds is 7. The third-order valence-electron chi connectivity index (χ3n) is 4.77. The van der Waals surface area contributed by atoms with Gasteiger partial charge in [-0.1, -0.05) is 12.1 Å². The van der Waals surface area contributed by atoms with E-state index in [0.29, 0.717) is 25.3 Å². The molecule has 0 aliphatic carbocycles. The maximum Gasteiger partial charge on any atom is 0.335 e. The topological polar surface area (TPSA) is 95.9 Å². The highest BCUT2D eigenvalue weighted by Crippen LogP contribution is 2.26. The summed E-state index contributed by atoms with van der Waals surface area (Å²) in [5.41, 5.74) is 1.80. The lowest BCUT2D eigenvalue weighted by Gasteiger charge is -2.17. The zero-order chi connectivity index (χ0) is 20.1. The molecular weight excluding hydrogens is 360 g/mol. The second-order valence-electron chi connectivity index (χ2n) is 6.65. The van der Waals surface area contributed by atoms with E-state index in [9.17, 15) is 14.4 Å². The van der Waals surface area contributed by atoms with Crippen molar-refractivity contribution in [3.63, 3.8) is 0 Å². The fraction of sp³-hybridized carbons (Fsp3) is 0.286. The predicted octanol–water partition coefficient (Wildman–Crippen LogP) is 2.11. The fourth-order valence-electron chi connectivity index (χ4n) is 3.23. The Balaban J connectivity index is 1.53. The van der Waals surface area contributed by atoms with Gasteiger partial charge in [0.1, 0.15) is 5.75 Å². The molecule has 1 aliphatic rings. The number of nitrogens with zero attached hydrogens (tertiary/aromatic N) is 1. The smallest absolute Gasteiger partial charge is 0.335 e. The maximum atomic E-state index is 12.4. The highest BCUT2D eigenvalue weighted by Gasteiger charge is 2.34. The lowest BCUT2D eigenvalue weighted by molar-refractivity contribution is -0.126. The van der Waals surface area contributed by atoms with Gasteiger partial charge in [-0.15, -0.1) is 0 Å². The third-order valence-corrected chi connectivity index (χ3v) is 4.77. The zero-order valence-electron chi connectivity index (χ0n) is 15.6. The molecule has 0 bridgehead atoms. The Morgan fingerprint density at radius 2 is 1.96 bits per heavy atom. The van der Waals surface area contributed by atoms with Crippen LogP contribution in [0.3, 0.4) is 0 Å². The van der Waals surface area contributed by atoms with Gasteiger partial charge in [-0.05, 0) is 48.4 Å². The van der Waals surface area contributed by atoms with Gasteiger partial charge in [0.2, 0.25) is 11.8 Å². The molecule has 1 unspecified atom stereocenters. The number of carboxylic acid groups (broad SMARTS) is 1. The van der Waals surface area contributed by atoms with Crippen LogP contribution in [-0.4, -0.2) is 43.1 Å². The minimum atomic E-state index is -0.978. The summed E-state index contributed by atoms with van der Waals surface area (Å²) in [5, 5.41) is 11.9. The molecular formula is C21H22N2O5. The summed E-state index contributed by atoms with van der Waals surface area (Å²) in [6, 6.07) is 13.8. The first-order chi connectivity index (χ1) is 13.5. The van der Waals surface area contributed by atoms with Crippen LogP contribution in [0.1, 0.15) is 22.3 Å². The number of amides is 2. The van der Waals surface area contributed by atoms with Crippen LogP contribution in [0.4, 0.5) is 5.69 Å². The van der Waals surface area contributed by atoms with Crippen molar-refractivity contribution in [2.45, 2.75) is 12.8 Å². The van der Waals surface area contributed by atoms with E-state index >= 15 is 0 Å². The van der Waals surface area contributed by atoms with Crippen LogP contribution in [0, 0.1) is 5.92 Å². The largest absolute Gasteiger partial charge is 0.497 e. The van der Waals surface area contributed by atoms with Gasteiger partial charge in [-0.25, -0.2) is 4.79 Å². The fourth-order valence-corrected chi connectivity index (χ4v) is 3.23. The summed E-state index contributed by atoms with van der Waals surface area (Å²) in [7, 11) is 1.58. The first-order valence-corrected chi connectivity index (χ1v) is 9.02. The molecule has 3 rings (SSSR count). The Labute approximate surface area is 162 Å². The van der Waals surface area contributed by atoms with E-state index in [1.54, 1.807) is 48.4 Å². The molecule has 28 heavy (non-hydrogen) atoms. The molecule has 1 saturated heterocycles. The van der Waals surface area contributed by atoms with Crippen molar-refractivity contribution < 1.29 is 24.2 Å². The molecule has 0 spiro atoms. The lowest BCUT2D eigenvalue weighted by atomic mass is 10.1. The summed E-state index contributed by atoms with van der Waals surface area (Å²) >= 11 is 0. The average molecular weight is 382 g/mol. The van der Waals surface area contributed by atoms with Gasteiger partial charge in [0.15, 0.2) is 0 Å². The van der Waals surface area contributed by atoms with Crippen molar-refractivity contribution in [1.29, 1.82) is 0 Å². The molecule has 1 aliphatic heterocycles. The number of hydrogen-bond donors (Lipinski definition) is 2. The second kappa shape index (κ2) is 8.56. The number of ether oxygens (including phenoxy) is 1. The first kappa shape index (κ1) is 19.4. The standard InChI is InChI=1S/C21H22N2O5/c1-28-18-7-5-17(6-8-18)23-13-16(12-19(23)24)20(25)22-10-9-14-3-2-4-15(11-14)21(26)27/h2-8,11,16H,9-10,12-13H2,1H3,(H,22,25)(H,26,27). The number of carboxylic acids is 1. The normalized spacial score (nSPS) is 16.1. The van der Waals surface area contributed by atoms with Crippen molar-refractivity contribution in [2.75, 3.05) is 25.1 Å². The average Bonchev–Trinajstić information content (AvgIpc) is 3.10. The molecule has 146 valence electrons. The Morgan fingerprint density at radius 1 is 1.21 bits per heavy atom. The van der Waals surface area contributed by atoms with Crippen molar-refractivity contribution in [3.05, 3.63) is 59.7 Å². The molecule has 1 heterocycles. The SMILES string of the molecule is COc1ccc(N2CC(C(=O)NCCc3cccc(C(=O)O)c3)CC2=O)cc1. The van der Waals surface area contributed by atoms with E-state index in [2.05, 4.69) is 5.32 Å². The zero-order valence-corrected chi connectivity index (χ0v) is 15.6. The van der Waals surface area contributed by atoms with Gasteiger partial charge >= 0.3 is 5.97 Å². The Kier molecular flexibility index (Phi) is 5.93. The molecule has 1 atom stereocenters. The van der Waals surface area contributed by atoms with Crippen molar-refractivity contribution in [3.8, 4) is 5.75 Å². The minimum absolute atomic E-state index is 0.0838. The molecule has 0 aromatic heterocycles.